The van der Waals surface area contributed by atoms with Gasteiger partial charge in [-0.25, -0.2) is 0 Å². The smallest absolute Gasteiger partial charge is 0.0918 e. The first kappa shape index (κ1) is 13.0. The van der Waals surface area contributed by atoms with Gasteiger partial charge in [0.05, 0.1) is 26.2 Å². The van der Waals surface area contributed by atoms with E-state index in [1.165, 1.54) is 62.5 Å². The van der Waals surface area contributed by atoms with Crippen LogP contribution in [0.25, 0.3) is 0 Å². The molecule has 90 valence electrons. The van der Waals surface area contributed by atoms with Crippen molar-refractivity contribution in [3.05, 3.63) is 0 Å². The summed E-state index contributed by atoms with van der Waals surface area (Å²) in [4.78, 5) is 0. The zero-order valence-corrected chi connectivity index (χ0v) is 10.4. The normalized spacial score (nSPS) is 39.6. The summed E-state index contributed by atoms with van der Waals surface area (Å²) in [7, 11) is 2.52. The van der Waals surface area contributed by atoms with Crippen LogP contribution in [0.4, 0.5) is 0 Å². The molecule has 0 bridgehead atoms. The van der Waals surface area contributed by atoms with Crippen LogP contribution in [-0.4, -0.2) is 36.1 Å². The summed E-state index contributed by atoms with van der Waals surface area (Å²) in [6.45, 7) is 5.23. The van der Waals surface area contributed by atoms with Crippen molar-refractivity contribution in [2.45, 2.75) is 57.9 Å². The van der Waals surface area contributed by atoms with Gasteiger partial charge in [0.25, 0.3) is 0 Å². The number of quaternary nitrogens is 1. The van der Waals surface area contributed by atoms with Crippen molar-refractivity contribution in [2.75, 3.05) is 20.1 Å². The predicted molar refractivity (Wildman–Crippen MR) is 63.1 cm³/mol. The molecule has 0 amide bonds. The van der Waals surface area contributed by atoms with E-state index in [2.05, 4.69) is 14.0 Å². The van der Waals surface area contributed by atoms with Crippen LogP contribution < -0.4 is 0 Å². The van der Waals surface area contributed by atoms with Gasteiger partial charge in [0, 0.05) is 12.3 Å². The third-order valence-electron chi connectivity index (χ3n) is 4.70. The molecular formula is C13H27NO. The third-order valence-corrected chi connectivity index (χ3v) is 4.70. The van der Waals surface area contributed by atoms with Crippen LogP contribution in [-0.2, 0) is 0 Å². The first-order valence-electron chi connectivity index (χ1n) is 6.60. The van der Waals surface area contributed by atoms with Gasteiger partial charge in [-0.3, -0.25) is 0 Å². The van der Waals surface area contributed by atoms with E-state index in [9.17, 15) is 0 Å². The van der Waals surface area contributed by atoms with Gasteiger partial charge >= 0.3 is 0 Å². The number of likely N-dealkylation sites (tertiary alicyclic amines) is 1. The van der Waals surface area contributed by atoms with E-state index in [-0.39, 0.29) is 5.48 Å². The molecule has 2 aliphatic rings. The highest BCUT2D eigenvalue weighted by molar-refractivity contribution is 4.81. The third kappa shape index (κ3) is 2.54. The fraction of sp³-hybridized carbons (Fsp3) is 1.00. The highest BCUT2D eigenvalue weighted by Gasteiger charge is 2.45. The van der Waals surface area contributed by atoms with Crippen LogP contribution in [0.15, 0.2) is 0 Å². The molecule has 2 rings (SSSR count). The SMILES string of the molecule is CCCC[N+]1(C)CCC2CCCCC21.[OH-]. The molecule has 1 heterocycles. The molecule has 1 N–H and O–H groups in total. The molecule has 0 radical (unpaired) electrons. The van der Waals surface area contributed by atoms with E-state index in [4.69, 9.17) is 0 Å². The molecule has 1 aliphatic carbocycles. The molecule has 2 heteroatoms. The Hall–Kier alpha value is -0.0800. The summed E-state index contributed by atoms with van der Waals surface area (Å²) in [6.07, 6.45) is 10.4. The van der Waals surface area contributed by atoms with Gasteiger partial charge in [-0.1, -0.05) is 19.8 Å². The first-order valence-corrected chi connectivity index (χ1v) is 6.60. The summed E-state index contributed by atoms with van der Waals surface area (Å²) in [5.41, 5.74) is 0. The number of unbranched alkanes of at least 4 members (excludes halogenated alkanes) is 1. The second-order valence-corrected chi connectivity index (χ2v) is 5.68. The maximum absolute atomic E-state index is 2.52. The van der Waals surface area contributed by atoms with E-state index < -0.39 is 0 Å². The van der Waals surface area contributed by atoms with Gasteiger partial charge in [-0.2, -0.15) is 0 Å². The maximum atomic E-state index is 2.52. The number of rotatable bonds is 3. The first-order chi connectivity index (χ1) is 6.76. The van der Waals surface area contributed by atoms with Crippen LogP contribution in [0.1, 0.15) is 51.9 Å². The molecule has 0 aromatic rings. The molecule has 0 aromatic carbocycles. The van der Waals surface area contributed by atoms with Crippen molar-refractivity contribution in [3.63, 3.8) is 0 Å². The molecular weight excluding hydrogens is 186 g/mol. The highest BCUT2D eigenvalue weighted by atomic mass is 16.0. The second kappa shape index (κ2) is 5.31. The van der Waals surface area contributed by atoms with Crippen LogP contribution in [0.3, 0.4) is 0 Å². The molecule has 0 spiro atoms. The standard InChI is InChI=1S/C13H26N.H2O/c1-3-4-10-14(2)11-9-12-7-5-6-8-13(12)14;/h12-13H,3-11H2,1-2H3;1H2/q+1;/p-1. The Morgan fingerprint density at radius 1 is 1.13 bits per heavy atom. The van der Waals surface area contributed by atoms with E-state index in [0.29, 0.717) is 0 Å². The topological polar surface area (TPSA) is 30.0 Å². The number of hydrogen-bond acceptors (Lipinski definition) is 1. The zero-order chi connectivity index (χ0) is 10.0. The lowest BCUT2D eigenvalue weighted by Gasteiger charge is -2.40. The Morgan fingerprint density at radius 3 is 2.60 bits per heavy atom. The number of hydrogen-bond donors (Lipinski definition) is 0. The Labute approximate surface area is 94.6 Å². The van der Waals surface area contributed by atoms with Crippen molar-refractivity contribution >= 4 is 0 Å². The van der Waals surface area contributed by atoms with Crippen molar-refractivity contribution < 1.29 is 9.96 Å². The average molecular weight is 213 g/mol. The van der Waals surface area contributed by atoms with E-state index in [1.54, 1.807) is 0 Å². The Kier molecular flexibility index (Phi) is 4.60. The summed E-state index contributed by atoms with van der Waals surface area (Å²) in [5.74, 6) is 1.09. The Bertz CT molecular complexity index is 195. The van der Waals surface area contributed by atoms with Gasteiger partial charge in [0.1, 0.15) is 0 Å². The molecule has 1 saturated heterocycles. The molecule has 1 aliphatic heterocycles. The van der Waals surface area contributed by atoms with Crippen LogP contribution in [0.2, 0.25) is 0 Å². The summed E-state index contributed by atoms with van der Waals surface area (Å²) in [6, 6.07) is 1.04. The summed E-state index contributed by atoms with van der Waals surface area (Å²) < 4.78 is 1.42. The lowest BCUT2D eigenvalue weighted by Crippen LogP contribution is -2.50. The molecule has 15 heavy (non-hydrogen) atoms. The molecule has 2 fully saturated rings. The molecule has 3 atom stereocenters. The Balaban J connectivity index is 0.00000112. The highest BCUT2D eigenvalue weighted by Crippen LogP contribution is 2.40. The minimum absolute atomic E-state index is 0. The van der Waals surface area contributed by atoms with Crippen LogP contribution in [0, 0.1) is 5.92 Å². The van der Waals surface area contributed by atoms with Crippen molar-refractivity contribution in [1.82, 2.24) is 0 Å². The quantitative estimate of drug-likeness (QED) is 0.663. The number of fused-ring (bicyclic) bond motifs is 1. The fourth-order valence-corrected chi connectivity index (χ4v) is 3.77. The van der Waals surface area contributed by atoms with E-state index in [1.807, 2.05) is 0 Å². The maximum Gasteiger partial charge on any atom is 0.0918 e. The lowest BCUT2D eigenvalue weighted by atomic mass is 9.84. The molecule has 0 aromatic heterocycles. The molecule has 3 unspecified atom stereocenters. The van der Waals surface area contributed by atoms with Crippen molar-refractivity contribution in [2.24, 2.45) is 5.92 Å². The lowest BCUT2D eigenvalue weighted by molar-refractivity contribution is -0.923. The van der Waals surface area contributed by atoms with Gasteiger partial charge in [0.15, 0.2) is 0 Å². The minimum atomic E-state index is 0. The fourth-order valence-electron chi connectivity index (χ4n) is 3.77. The van der Waals surface area contributed by atoms with Gasteiger partial charge in [0.2, 0.25) is 0 Å². The monoisotopic (exact) mass is 213 g/mol. The van der Waals surface area contributed by atoms with Crippen LogP contribution >= 0.6 is 0 Å². The summed E-state index contributed by atoms with van der Waals surface area (Å²) in [5, 5.41) is 0. The minimum Gasteiger partial charge on any atom is -0.870 e. The predicted octanol–water partition coefficient (Wildman–Crippen LogP) is 3.02. The van der Waals surface area contributed by atoms with Gasteiger partial charge in [-0.15, -0.1) is 0 Å². The summed E-state index contributed by atoms with van der Waals surface area (Å²) >= 11 is 0. The van der Waals surface area contributed by atoms with Crippen LogP contribution in [0.5, 0.6) is 0 Å². The largest absolute Gasteiger partial charge is 0.870 e. The van der Waals surface area contributed by atoms with Gasteiger partial charge < -0.3 is 9.96 Å². The van der Waals surface area contributed by atoms with Gasteiger partial charge in [-0.05, 0) is 25.7 Å². The van der Waals surface area contributed by atoms with E-state index in [0.717, 1.165) is 12.0 Å². The van der Waals surface area contributed by atoms with Crippen molar-refractivity contribution in [1.29, 1.82) is 0 Å². The molecule has 2 nitrogen and oxygen atoms in total. The van der Waals surface area contributed by atoms with Crippen molar-refractivity contribution in [3.8, 4) is 0 Å². The Morgan fingerprint density at radius 2 is 1.87 bits per heavy atom. The average Bonchev–Trinajstić information content (AvgIpc) is 2.55. The zero-order valence-electron chi connectivity index (χ0n) is 10.4. The number of nitrogens with zero attached hydrogens (tertiary/aromatic N) is 1. The molecule has 1 saturated carbocycles. The van der Waals surface area contributed by atoms with E-state index >= 15 is 0 Å². The second-order valence-electron chi connectivity index (χ2n) is 5.68.